The maximum Gasteiger partial charge on any atom is 0.416 e. The van der Waals surface area contributed by atoms with Crippen LogP contribution in [-0.4, -0.2) is 39.8 Å². The molecule has 0 aliphatic heterocycles. The minimum Gasteiger partial charge on any atom is -0.357 e. The van der Waals surface area contributed by atoms with Gasteiger partial charge in [-0.3, -0.25) is 4.99 Å². The van der Waals surface area contributed by atoms with Gasteiger partial charge in [0.15, 0.2) is 5.96 Å². The second kappa shape index (κ2) is 10.1. The van der Waals surface area contributed by atoms with Crippen LogP contribution < -0.4 is 15.8 Å². The predicted octanol–water partition coefficient (Wildman–Crippen LogP) is 2.59. The summed E-state index contributed by atoms with van der Waals surface area (Å²) in [6.45, 7) is 2.85. The van der Waals surface area contributed by atoms with Gasteiger partial charge < -0.3 is 10.6 Å². The largest absolute Gasteiger partial charge is 0.416 e. The van der Waals surface area contributed by atoms with Crippen molar-refractivity contribution in [2.24, 2.45) is 10.1 Å². The number of nitrogens with zero attached hydrogens (tertiary/aromatic N) is 1. The normalized spacial score (nSPS) is 16.7. The highest BCUT2D eigenvalue weighted by molar-refractivity contribution is 14.0. The van der Waals surface area contributed by atoms with Crippen LogP contribution in [0.4, 0.5) is 13.2 Å². The predicted molar refractivity (Wildman–Crippen MR) is 114 cm³/mol. The van der Waals surface area contributed by atoms with Crippen molar-refractivity contribution in [2.75, 3.05) is 25.4 Å². The van der Waals surface area contributed by atoms with Gasteiger partial charge in [0.25, 0.3) is 0 Å². The van der Waals surface area contributed by atoms with Gasteiger partial charge in [0.1, 0.15) is 0 Å². The van der Waals surface area contributed by atoms with E-state index in [0.29, 0.717) is 24.6 Å². The molecule has 11 heteroatoms. The Labute approximate surface area is 180 Å². The number of hydrogen-bond acceptors (Lipinski definition) is 3. The molecule has 0 aromatic heterocycles. The van der Waals surface area contributed by atoms with E-state index in [-0.39, 0.29) is 36.3 Å². The first-order valence-corrected chi connectivity index (χ1v) is 10.5. The Bertz CT molecular complexity index is 781. The first-order chi connectivity index (χ1) is 12.6. The highest BCUT2D eigenvalue weighted by Gasteiger charge is 2.40. The van der Waals surface area contributed by atoms with E-state index in [9.17, 15) is 21.6 Å². The monoisotopic (exact) mass is 534 g/mol. The van der Waals surface area contributed by atoms with Gasteiger partial charge in [0, 0.05) is 18.5 Å². The van der Waals surface area contributed by atoms with Crippen LogP contribution in [0.3, 0.4) is 0 Å². The Morgan fingerprint density at radius 2 is 1.96 bits per heavy atom. The third kappa shape index (κ3) is 7.07. The molecular weight excluding hydrogens is 508 g/mol. The second-order valence-corrected chi connectivity index (χ2v) is 8.44. The minimum atomic E-state index is -4.38. The van der Waals surface area contributed by atoms with Crippen LogP contribution in [0.25, 0.3) is 0 Å². The molecule has 0 unspecified atom stereocenters. The van der Waals surface area contributed by atoms with E-state index < -0.39 is 27.2 Å². The van der Waals surface area contributed by atoms with Crippen molar-refractivity contribution in [3.05, 3.63) is 35.4 Å². The van der Waals surface area contributed by atoms with Gasteiger partial charge in [-0.15, -0.1) is 24.0 Å². The number of hydrogen-bond donors (Lipinski definition) is 3. The molecule has 0 atom stereocenters. The summed E-state index contributed by atoms with van der Waals surface area (Å²) in [6, 6.07) is 5.41. The summed E-state index contributed by atoms with van der Waals surface area (Å²) >= 11 is 0. The molecule has 0 amide bonds. The van der Waals surface area contributed by atoms with Gasteiger partial charge in [-0.2, -0.15) is 13.2 Å². The van der Waals surface area contributed by atoms with Crippen LogP contribution in [0.15, 0.2) is 29.3 Å². The molecule has 0 saturated heterocycles. The molecule has 1 saturated carbocycles. The van der Waals surface area contributed by atoms with Crippen LogP contribution in [-0.2, 0) is 21.6 Å². The third-order valence-corrected chi connectivity index (χ3v) is 5.45. The quantitative estimate of drug-likeness (QED) is 0.285. The Morgan fingerprint density at radius 1 is 1.29 bits per heavy atom. The van der Waals surface area contributed by atoms with Crippen LogP contribution in [0, 0.1) is 0 Å². The summed E-state index contributed by atoms with van der Waals surface area (Å²) in [5, 5.41) is 10.9. The number of nitrogens with one attached hydrogen (secondary N) is 2. The van der Waals surface area contributed by atoms with E-state index in [2.05, 4.69) is 15.6 Å². The molecule has 1 aliphatic carbocycles. The van der Waals surface area contributed by atoms with Crippen molar-refractivity contribution in [1.29, 1.82) is 0 Å². The maximum atomic E-state index is 13.0. The van der Waals surface area contributed by atoms with Gasteiger partial charge >= 0.3 is 6.18 Å². The lowest BCUT2D eigenvalue weighted by Gasteiger charge is -2.41. The van der Waals surface area contributed by atoms with Gasteiger partial charge in [0.05, 0.1) is 17.9 Å². The second-order valence-electron chi connectivity index (χ2n) is 6.70. The lowest BCUT2D eigenvalue weighted by atomic mass is 9.64. The van der Waals surface area contributed by atoms with Crippen LogP contribution in [0.5, 0.6) is 0 Å². The lowest BCUT2D eigenvalue weighted by molar-refractivity contribution is -0.137. The fourth-order valence-corrected chi connectivity index (χ4v) is 3.44. The molecular formula is C17H26F3IN4O2S. The molecule has 0 radical (unpaired) electrons. The fraction of sp³-hybridized carbons (Fsp3) is 0.588. The van der Waals surface area contributed by atoms with Crippen LogP contribution in [0.1, 0.15) is 37.3 Å². The Morgan fingerprint density at radius 3 is 2.46 bits per heavy atom. The van der Waals surface area contributed by atoms with Crippen molar-refractivity contribution in [3.8, 4) is 0 Å². The maximum absolute atomic E-state index is 13.0. The van der Waals surface area contributed by atoms with Gasteiger partial charge in [0.2, 0.25) is 10.0 Å². The average Bonchev–Trinajstić information content (AvgIpc) is 2.52. The molecule has 0 bridgehead atoms. The number of sulfonamides is 1. The van der Waals surface area contributed by atoms with E-state index >= 15 is 0 Å². The molecule has 6 nitrogen and oxygen atoms in total. The Hall–Kier alpha value is -1.08. The van der Waals surface area contributed by atoms with E-state index in [1.165, 1.54) is 12.1 Å². The smallest absolute Gasteiger partial charge is 0.357 e. The fourth-order valence-electron chi connectivity index (χ4n) is 3.05. The Balaban J connectivity index is 0.00000392. The summed E-state index contributed by atoms with van der Waals surface area (Å²) in [4.78, 5) is 4.47. The van der Waals surface area contributed by atoms with Crippen molar-refractivity contribution in [1.82, 2.24) is 10.6 Å². The molecule has 160 valence electrons. The van der Waals surface area contributed by atoms with Gasteiger partial charge in [-0.1, -0.05) is 24.6 Å². The van der Waals surface area contributed by atoms with E-state index in [0.717, 1.165) is 25.3 Å². The number of halogens is 4. The summed E-state index contributed by atoms with van der Waals surface area (Å²) in [6.07, 6.45) is -1.93. The zero-order chi connectivity index (χ0) is 20.1. The molecule has 4 N–H and O–H groups in total. The van der Waals surface area contributed by atoms with Crippen LogP contribution in [0.2, 0.25) is 0 Å². The molecule has 0 spiro atoms. The number of primary sulfonamides is 1. The number of nitrogens with two attached hydrogens (primary N) is 1. The lowest BCUT2D eigenvalue weighted by Crippen LogP contribution is -2.43. The zero-order valence-electron chi connectivity index (χ0n) is 15.6. The van der Waals surface area contributed by atoms with Crippen molar-refractivity contribution >= 4 is 40.0 Å². The van der Waals surface area contributed by atoms with Crippen molar-refractivity contribution in [3.63, 3.8) is 0 Å². The highest BCUT2D eigenvalue weighted by atomic mass is 127. The molecule has 28 heavy (non-hydrogen) atoms. The van der Waals surface area contributed by atoms with E-state index in [1.54, 1.807) is 6.07 Å². The van der Waals surface area contributed by atoms with Gasteiger partial charge in [-0.05, 0) is 31.4 Å². The Kier molecular flexibility index (Phi) is 9.00. The number of alkyl halides is 3. The average molecular weight is 534 g/mol. The minimum absolute atomic E-state index is 0. The molecule has 1 aromatic carbocycles. The van der Waals surface area contributed by atoms with E-state index in [4.69, 9.17) is 5.14 Å². The van der Waals surface area contributed by atoms with Crippen molar-refractivity contribution in [2.45, 2.75) is 37.8 Å². The third-order valence-electron chi connectivity index (χ3n) is 4.68. The number of aliphatic imine (C=N–C) groups is 1. The number of guanidine groups is 1. The molecule has 1 fully saturated rings. The SMILES string of the molecule is CCNC(=NCC1(c2cccc(C(F)(F)F)c2)CCC1)NCCS(N)(=O)=O.I. The topological polar surface area (TPSA) is 96.6 Å². The summed E-state index contributed by atoms with van der Waals surface area (Å²) < 4.78 is 61.1. The van der Waals surface area contributed by atoms with E-state index in [1.807, 2.05) is 6.92 Å². The first kappa shape index (κ1) is 25.0. The summed E-state index contributed by atoms with van der Waals surface area (Å²) in [5.74, 6) is 0.176. The van der Waals surface area contributed by atoms with Crippen LogP contribution >= 0.6 is 24.0 Å². The molecule has 0 heterocycles. The standard InChI is InChI=1S/C17H25F3N4O2S.HI/c1-2-22-15(23-9-10-27(21,25)26)24-12-16(7-4-8-16)13-5-3-6-14(11-13)17(18,19)20;/h3,5-6,11H,2,4,7-10,12H2,1H3,(H2,21,25,26)(H2,22,23,24);1H. The van der Waals surface area contributed by atoms with Crippen molar-refractivity contribution < 1.29 is 21.6 Å². The molecule has 1 aliphatic rings. The number of rotatable bonds is 7. The highest BCUT2D eigenvalue weighted by Crippen LogP contribution is 2.45. The number of benzene rings is 1. The summed E-state index contributed by atoms with van der Waals surface area (Å²) in [7, 11) is -3.59. The molecule has 2 rings (SSSR count). The molecule has 1 aromatic rings. The zero-order valence-corrected chi connectivity index (χ0v) is 18.7. The summed E-state index contributed by atoms with van der Waals surface area (Å²) in [5.41, 5.74) is -0.454. The first-order valence-electron chi connectivity index (χ1n) is 8.76. The van der Waals surface area contributed by atoms with Gasteiger partial charge in [-0.25, -0.2) is 13.6 Å².